The molecule has 5 heteroatoms. The number of carbonyl (C=O) groups is 1. The zero-order chi connectivity index (χ0) is 14.5. The number of thioether (sulfide) groups is 1. The summed E-state index contributed by atoms with van der Waals surface area (Å²) in [4.78, 5) is 14.2. The van der Waals surface area contributed by atoms with E-state index in [9.17, 15) is 4.79 Å². The molecule has 2 aromatic rings. The fourth-order valence-electron chi connectivity index (χ4n) is 2.59. The van der Waals surface area contributed by atoms with Crippen molar-refractivity contribution in [1.82, 2.24) is 4.90 Å². The van der Waals surface area contributed by atoms with Crippen LogP contribution in [0.4, 0.5) is 0 Å². The number of carbonyl (C=O) groups excluding carboxylic acids is 1. The van der Waals surface area contributed by atoms with Gasteiger partial charge in [-0.25, -0.2) is 0 Å². The van der Waals surface area contributed by atoms with Gasteiger partial charge in [-0.05, 0) is 48.1 Å². The van der Waals surface area contributed by atoms with Crippen molar-refractivity contribution in [3.63, 3.8) is 0 Å². The first-order valence-electron chi connectivity index (χ1n) is 7.24. The van der Waals surface area contributed by atoms with Crippen molar-refractivity contribution >= 4 is 29.0 Å². The van der Waals surface area contributed by atoms with Crippen LogP contribution in [-0.2, 0) is 5.75 Å². The van der Waals surface area contributed by atoms with Gasteiger partial charge in [0.15, 0.2) is 0 Å². The highest BCUT2D eigenvalue weighted by molar-refractivity contribution is 7.98. The van der Waals surface area contributed by atoms with Gasteiger partial charge in [-0.2, -0.15) is 23.1 Å². The lowest BCUT2D eigenvalue weighted by molar-refractivity contribution is 0.0699. The van der Waals surface area contributed by atoms with Crippen LogP contribution in [0.3, 0.4) is 0 Å². The number of hydrogen-bond acceptors (Lipinski definition) is 4. The summed E-state index contributed by atoms with van der Waals surface area (Å²) in [6, 6.07) is 5.87. The van der Waals surface area contributed by atoms with E-state index in [0.29, 0.717) is 0 Å². The highest BCUT2D eigenvalue weighted by Crippen LogP contribution is 2.25. The molecule has 0 aliphatic carbocycles. The minimum atomic E-state index is 0.193. The Balaban J connectivity index is 1.40. The first-order valence-corrected chi connectivity index (χ1v) is 9.34. The van der Waals surface area contributed by atoms with Crippen molar-refractivity contribution in [2.24, 2.45) is 5.92 Å². The molecule has 1 amide bonds. The van der Waals surface area contributed by atoms with E-state index in [1.54, 1.807) is 17.6 Å². The Morgan fingerprint density at radius 1 is 1.38 bits per heavy atom. The number of furan rings is 1. The first-order chi connectivity index (χ1) is 10.3. The summed E-state index contributed by atoms with van der Waals surface area (Å²) in [5.74, 6) is 4.06. The zero-order valence-corrected chi connectivity index (χ0v) is 13.5. The van der Waals surface area contributed by atoms with E-state index in [-0.39, 0.29) is 5.91 Å². The molecule has 3 rings (SSSR count). The Kier molecular flexibility index (Phi) is 5.04. The van der Waals surface area contributed by atoms with E-state index >= 15 is 0 Å². The van der Waals surface area contributed by atoms with Gasteiger partial charge in [0.05, 0.1) is 17.6 Å². The van der Waals surface area contributed by atoms with Crippen LogP contribution in [-0.4, -0.2) is 29.6 Å². The quantitative estimate of drug-likeness (QED) is 0.830. The maximum Gasteiger partial charge on any atom is 0.254 e. The lowest BCUT2D eigenvalue weighted by Gasteiger charge is -2.31. The Hall–Kier alpha value is -1.20. The SMILES string of the molecule is O=C(c1ccsc1)N1CCC(CSCc2ccco2)CC1. The van der Waals surface area contributed by atoms with Gasteiger partial charge in [-0.1, -0.05) is 0 Å². The third kappa shape index (κ3) is 3.92. The number of thiophene rings is 1. The Morgan fingerprint density at radius 3 is 2.90 bits per heavy atom. The number of hydrogen-bond donors (Lipinski definition) is 0. The fraction of sp³-hybridized carbons (Fsp3) is 0.438. The maximum absolute atomic E-state index is 12.3. The average molecular weight is 321 g/mol. The zero-order valence-electron chi connectivity index (χ0n) is 11.9. The monoisotopic (exact) mass is 321 g/mol. The summed E-state index contributed by atoms with van der Waals surface area (Å²) in [6.45, 7) is 1.78. The Labute approximate surface area is 133 Å². The van der Waals surface area contributed by atoms with Gasteiger partial charge in [-0.15, -0.1) is 0 Å². The third-order valence-electron chi connectivity index (χ3n) is 3.85. The van der Waals surface area contributed by atoms with Crippen molar-refractivity contribution in [2.45, 2.75) is 18.6 Å². The van der Waals surface area contributed by atoms with Crippen LogP contribution in [0, 0.1) is 5.92 Å². The molecule has 21 heavy (non-hydrogen) atoms. The summed E-state index contributed by atoms with van der Waals surface area (Å²) >= 11 is 3.51. The average Bonchev–Trinajstić information content (AvgIpc) is 3.21. The predicted octanol–water partition coefficient (Wildman–Crippen LogP) is 4.13. The minimum absolute atomic E-state index is 0.193. The molecule has 0 spiro atoms. The molecule has 0 aromatic carbocycles. The molecule has 0 saturated carbocycles. The molecule has 0 unspecified atom stereocenters. The van der Waals surface area contributed by atoms with Gasteiger partial charge in [0, 0.05) is 18.5 Å². The van der Waals surface area contributed by atoms with Crippen LogP contribution < -0.4 is 0 Å². The molecular formula is C16H19NO2S2. The van der Waals surface area contributed by atoms with Crippen LogP contribution in [0.15, 0.2) is 39.6 Å². The molecule has 112 valence electrons. The van der Waals surface area contributed by atoms with Gasteiger partial charge in [0.25, 0.3) is 5.91 Å². The summed E-state index contributed by atoms with van der Waals surface area (Å²) in [5.41, 5.74) is 0.839. The molecular weight excluding hydrogens is 302 g/mol. The van der Waals surface area contributed by atoms with E-state index < -0.39 is 0 Å². The molecule has 3 heterocycles. The van der Waals surface area contributed by atoms with Gasteiger partial charge in [0.1, 0.15) is 5.76 Å². The van der Waals surface area contributed by atoms with E-state index in [1.807, 2.05) is 45.6 Å². The van der Waals surface area contributed by atoms with Crippen molar-refractivity contribution in [3.8, 4) is 0 Å². The van der Waals surface area contributed by atoms with Crippen molar-refractivity contribution < 1.29 is 9.21 Å². The second-order valence-electron chi connectivity index (χ2n) is 5.34. The van der Waals surface area contributed by atoms with Crippen molar-refractivity contribution in [1.29, 1.82) is 0 Å². The van der Waals surface area contributed by atoms with Crippen LogP contribution in [0.1, 0.15) is 29.0 Å². The van der Waals surface area contributed by atoms with Crippen LogP contribution in [0.5, 0.6) is 0 Å². The summed E-state index contributed by atoms with van der Waals surface area (Å²) in [7, 11) is 0. The third-order valence-corrected chi connectivity index (χ3v) is 5.73. The van der Waals surface area contributed by atoms with Crippen LogP contribution >= 0.6 is 23.1 Å². The minimum Gasteiger partial charge on any atom is -0.468 e. The molecule has 0 bridgehead atoms. The van der Waals surface area contributed by atoms with E-state index in [0.717, 1.165) is 54.7 Å². The van der Waals surface area contributed by atoms with E-state index in [4.69, 9.17) is 4.42 Å². The highest BCUT2D eigenvalue weighted by atomic mass is 32.2. The second-order valence-corrected chi connectivity index (χ2v) is 7.15. The smallest absolute Gasteiger partial charge is 0.254 e. The molecule has 1 saturated heterocycles. The van der Waals surface area contributed by atoms with Gasteiger partial charge < -0.3 is 9.32 Å². The number of piperidine rings is 1. The lowest BCUT2D eigenvalue weighted by Crippen LogP contribution is -2.38. The van der Waals surface area contributed by atoms with Gasteiger partial charge in [-0.3, -0.25) is 4.79 Å². The molecule has 1 aliphatic heterocycles. The Morgan fingerprint density at radius 2 is 2.24 bits per heavy atom. The summed E-state index contributed by atoms with van der Waals surface area (Å²) in [5, 5.41) is 3.90. The second kappa shape index (κ2) is 7.18. The molecule has 0 radical (unpaired) electrons. The van der Waals surface area contributed by atoms with Crippen molar-refractivity contribution in [3.05, 3.63) is 46.5 Å². The normalized spacial score (nSPS) is 16.3. The van der Waals surface area contributed by atoms with Crippen LogP contribution in [0.25, 0.3) is 0 Å². The summed E-state index contributed by atoms with van der Waals surface area (Å²) < 4.78 is 5.34. The van der Waals surface area contributed by atoms with Gasteiger partial charge in [0.2, 0.25) is 0 Å². The van der Waals surface area contributed by atoms with Crippen molar-refractivity contribution in [2.75, 3.05) is 18.8 Å². The molecule has 2 aromatic heterocycles. The number of likely N-dealkylation sites (tertiary alicyclic amines) is 1. The number of rotatable bonds is 5. The highest BCUT2D eigenvalue weighted by Gasteiger charge is 2.23. The molecule has 1 fully saturated rings. The lowest BCUT2D eigenvalue weighted by atomic mass is 9.98. The van der Waals surface area contributed by atoms with Crippen LogP contribution in [0.2, 0.25) is 0 Å². The first kappa shape index (κ1) is 14.7. The summed E-state index contributed by atoms with van der Waals surface area (Å²) in [6.07, 6.45) is 3.95. The topological polar surface area (TPSA) is 33.5 Å². The molecule has 0 atom stereocenters. The maximum atomic E-state index is 12.3. The predicted molar refractivity (Wildman–Crippen MR) is 87.8 cm³/mol. The van der Waals surface area contributed by atoms with Gasteiger partial charge >= 0.3 is 0 Å². The largest absolute Gasteiger partial charge is 0.468 e. The standard InChI is InChI=1S/C16H19NO2S2/c18-16(14-5-9-20-11-14)17-6-3-13(4-7-17)10-21-12-15-2-1-8-19-15/h1-2,5,8-9,11,13H,3-4,6-7,10,12H2. The molecule has 3 nitrogen and oxygen atoms in total. The fourth-order valence-corrected chi connectivity index (χ4v) is 4.37. The molecule has 0 N–H and O–H groups in total. The van der Waals surface area contributed by atoms with E-state index in [1.165, 1.54) is 0 Å². The number of amides is 1. The number of nitrogens with zero attached hydrogens (tertiary/aromatic N) is 1. The molecule has 1 aliphatic rings. The Bertz CT molecular complexity index is 543. The van der Waals surface area contributed by atoms with E-state index in [2.05, 4.69) is 0 Å².